The Morgan fingerprint density at radius 1 is 0.615 bits per heavy atom. The fourth-order valence-electron chi connectivity index (χ4n) is 2.65. The highest BCUT2D eigenvalue weighted by Gasteiger charge is 2.04. The Bertz CT molecular complexity index is 998. The van der Waals surface area contributed by atoms with Crippen molar-refractivity contribution < 1.29 is 10.2 Å². The average molecular weight is 380 g/mol. The van der Waals surface area contributed by atoms with Gasteiger partial charge < -0.3 is 10.2 Å². The van der Waals surface area contributed by atoms with Crippen molar-refractivity contribution in [1.29, 1.82) is 0 Å². The Kier molecular flexibility index (Phi) is 5.08. The van der Waals surface area contributed by atoms with Crippen molar-refractivity contribution in [3.05, 3.63) is 72.1 Å². The number of fused-ring (bicyclic) bond motifs is 2. The van der Waals surface area contributed by atoms with Gasteiger partial charge in [-0.3, -0.25) is 9.97 Å². The van der Waals surface area contributed by atoms with Gasteiger partial charge in [-0.1, -0.05) is 45.9 Å². The first-order valence-electron chi connectivity index (χ1n) is 8.11. The maximum atomic E-state index is 9.25. The molecular formula is C20H16N2O2S2. The van der Waals surface area contributed by atoms with E-state index in [1.807, 2.05) is 48.5 Å². The van der Waals surface area contributed by atoms with E-state index in [4.69, 9.17) is 0 Å². The van der Waals surface area contributed by atoms with Crippen molar-refractivity contribution in [2.24, 2.45) is 0 Å². The van der Waals surface area contributed by atoms with Crippen molar-refractivity contribution in [2.75, 3.05) is 0 Å². The first-order chi connectivity index (χ1) is 12.7. The maximum Gasteiger partial charge on any atom is 0.0853 e. The molecule has 2 heterocycles. The van der Waals surface area contributed by atoms with Gasteiger partial charge in [-0.25, -0.2) is 0 Å². The zero-order valence-corrected chi connectivity index (χ0v) is 15.4. The molecule has 0 saturated carbocycles. The summed E-state index contributed by atoms with van der Waals surface area (Å²) in [6.07, 6.45) is 0. The van der Waals surface area contributed by atoms with Crippen LogP contribution in [0.4, 0.5) is 0 Å². The van der Waals surface area contributed by atoms with Gasteiger partial charge >= 0.3 is 0 Å². The molecule has 130 valence electrons. The minimum atomic E-state index is -0.0536. The van der Waals surface area contributed by atoms with Gasteiger partial charge in [-0.2, -0.15) is 0 Å². The maximum absolute atomic E-state index is 9.25. The second-order valence-corrected chi connectivity index (χ2v) is 8.07. The lowest BCUT2D eigenvalue weighted by Crippen LogP contribution is -1.89. The Morgan fingerprint density at radius 2 is 1.04 bits per heavy atom. The van der Waals surface area contributed by atoms with Gasteiger partial charge in [0.25, 0.3) is 0 Å². The topological polar surface area (TPSA) is 66.2 Å². The average Bonchev–Trinajstić information content (AvgIpc) is 2.70. The molecule has 0 bridgehead atoms. The van der Waals surface area contributed by atoms with Crippen molar-refractivity contribution >= 4 is 43.4 Å². The predicted molar refractivity (Wildman–Crippen MR) is 107 cm³/mol. The molecule has 4 nitrogen and oxygen atoms in total. The Morgan fingerprint density at radius 3 is 1.46 bits per heavy atom. The molecule has 6 heteroatoms. The molecule has 0 atom stereocenters. The Labute approximate surface area is 158 Å². The molecule has 0 fully saturated rings. The van der Waals surface area contributed by atoms with Crippen LogP contribution in [0, 0.1) is 0 Å². The molecule has 0 saturated heterocycles. The van der Waals surface area contributed by atoms with Gasteiger partial charge in [0.2, 0.25) is 0 Å². The third-order valence-corrected chi connectivity index (χ3v) is 6.38. The number of hydrogen-bond acceptors (Lipinski definition) is 6. The van der Waals surface area contributed by atoms with Crippen molar-refractivity contribution in [3.63, 3.8) is 0 Å². The third kappa shape index (κ3) is 3.68. The number of hydrogen-bond donors (Lipinski definition) is 2. The van der Waals surface area contributed by atoms with E-state index in [0.717, 1.165) is 31.6 Å². The summed E-state index contributed by atoms with van der Waals surface area (Å²) in [4.78, 5) is 11.1. The zero-order chi connectivity index (χ0) is 17.9. The predicted octanol–water partition coefficient (Wildman–Crippen LogP) is 4.57. The molecule has 0 spiro atoms. The van der Waals surface area contributed by atoms with Crippen LogP contribution < -0.4 is 0 Å². The summed E-state index contributed by atoms with van der Waals surface area (Å²) >= 11 is 0. The second kappa shape index (κ2) is 7.63. The summed E-state index contributed by atoms with van der Waals surface area (Å²) < 4.78 is 0. The molecule has 0 aliphatic carbocycles. The van der Waals surface area contributed by atoms with Gasteiger partial charge in [0, 0.05) is 20.6 Å². The largest absolute Gasteiger partial charge is 0.390 e. The van der Waals surface area contributed by atoms with Gasteiger partial charge in [0.1, 0.15) is 0 Å². The standard InChI is InChI=1S/C20H16N2O2S2/c23-11-15-5-1-13-3-7-17(9-19(13)21-15)25-26-18-8-4-14-2-6-16(12-24)22-20(14)10-18/h1-10,23-24H,11-12H2. The normalized spacial score (nSPS) is 11.3. The van der Waals surface area contributed by atoms with Crippen LogP contribution in [0.5, 0.6) is 0 Å². The van der Waals surface area contributed by atoms with E-state index >= 15 is 0 Å². The van der Waals surface area contributed by atoms with Crippen LogP contribution >= 0.6 is 21.6 Å². The molecule has 0 radical (unpaired) electrons. The quantitative estimate of drug-likeness (QED) is 0.495. The summed E-state index contributed by atoms with van der Waals surface area (Å²) in [5.41, 5.74) is 3.12. The highest BCUT2D eigenvalue weighted by molar-refractivity contribution is 8.76. The van der Waals surface area contributed by atoms with Crippen LogP contribution in [0.3, 0.4) is 0 Å². The van der Waals surface area contributed by atoms with Crippen LogP contribution in [0.25, 0.3) is 21.8 Å². The van der Waals surface area contributed by atoms with Gasteiger partial charge in [0.15, 0.2) is 0 Å². The Hall–Kier alpha value is -2.12. The molecule has 26 heavy (non-hydrogen) atoms. The van der Waals surface area contributed by atoms with E-state index in [1.165, 1.54) is 0 Å². The number of aromatic nitrogens is 2. The smallest absolute Gasteiger partial charge is 0.0853 e. The van der Waals surface area contributed by atoms with Gasteiger partial charge in [0.05, 0.1) is 35.6 Å². The Balaban J connectivity index is 1.56. The lowest BCUT2D eigenvalue weighted by Gasteiger charge is -2.06. The molecule has 0 amide bonds. The van der Waals surface area contributed by atoms with E-state index < -0.39 is 0 Å². The van der Waals surface area contributed by atoms with Crippen molar-refractivity contribution in [1.82, 2.24) is 9.97 Å². The van der Waals surface area contributed by atoms with Crippen molar-refractivity contribution in [2.45, 2.75) is 23.0 Å². The summed E-state index contributed by atoms with van der Waals surface area (Å²) in [6.45, 7) is -0.107. The molecule has 4 aromatic rings. The lowest BCUT2D eigenvalue weighted by molar-refractivity contribution is 0.277. The van der Waals surface area contributed by atoms with Crippen LogP contribution in [0.2, 0.25) is 0 Å². The van der Waals surface area contributed by atoms with E-state index in [-0.39, 0.29) is 13.2 Å². The van der Waals surface area contributed by atoms with Crippen LogP contribution in [0.1, 0.15) is 11.4 Å². The molecule has 0 aliphatic rings. The highest BCUT2D eigenvalue weighted by atomic mass is 33.1. The summed E-state index contributed by atoms with van der Waals surface area (Å²) in [5.74, 6) is 0. The van der Waals surface area contributed by atoms with Crippen molar-refractivity contribution in [3.8, 4) is 0 Å². The van der Waals surface area contributed by atoms with Crippen LogP contribution in [-0.2, 0) is 13.2 Å². The van der Waals surface area contributed by atoms with E-state index in [9.17, 15) is 10.2 Å². The minimum absolute atomic E-state index is 0.0536. The molecule has 2 aromatic heterocycles. The third-order valence-electron chi connectivity index (χ3n) is 4.00. The first kappa shape index (κ1) is 17.3. The van der Waals surface area contributed by atoms with Gasteiger partial charge in [-0.15, -0.1) is 0 Å². The highest BCUT2D eigenvalue weighted by Crippen LogP contribution is 2.39. The summed E-state index contributed by atoms with van der Waals surface area (Å²) in [7, 11) is 3.31. The fraction of sp³-hybridized carbons (Fsp3) is 0.100. The van der Waals surface area contributed by atoms with E-state index in [0.29, 0.717) is 11.4 Å². The number of nitrogens with zero attached hydrogens (tertiary/aromatic N) is 2. The first-order valence-corrected chi connectivity index (χ1v) is 10.3. The van der Waals surface area contributed by atoms with Crippen LogP contribution in [0.15, 0.2) is 70.5 Å². The number of benzene rings is 2. The number of pyridine rings is 2. The molecule has 2 N–H and O–H groups in total. The number of aliphatic hydroxyl groups excluding tert-OH is 2. The molecule has 0 unspecified atom stereocenters. The molecule has 0 aliphatic heterocycles. The number of aliphatic hydroxyl groups is 2. The summed E-state index contributed by atoms with van der Waals surface area (Å²) in [5, 5.41) is 20.6. The second-order valence-electron chi connectivity index (χ2n) is 5.80. The minimum Gasteiger partial charge on any atom is -0.390 e. The molecule has 4 rings (SSSR count). The van der Waals surface area contributed by atoms with Gasteiger partial charge in [-0.05, 0) is 36.4 Å². The lowest BCUT2D eigenvalue weighted by atomic mass is 10.2. The number of rotatable bonds is 5. The molecule has 2 aromatic carbocycles. The fourth-order valence-corrected chi connectivity index (χ4v) is 4.61. The monoisotopic (exact) mass is 380 g/mol. The van der Waals surface area contributed by atoms with E-state index in [1.54, 1.807) is 21.6 Å². The SMILES string of the molecule is OCc1ccc2ccc(SSc3ccc4ccc(CO)nc4c3)cc2n1. The van der Waals surface area contributed by atoms with Crippen LogP contribution in [-0.4, -0.2) is 20.2 Å². The molecular weight excluding hydrogens is 364 g/mol. The summed E-state index contributed by atoms with van der Waals surface area (Å²) in [6, 6.07) is 19.9. The van der Waals surface area contributed by atoms with E-state index in [2.05, 4.69) is 22.1 Å². The zero-order valence-electron chi connectivity index (χ0n) is 13.8.